The summed E-state index contributed by atoms with van der Waals surface area (Å²) < 4.78 is 7.48. The number of benzene rings is 1. The number of halogens is 2. The summed E-state index contributed by atoms with van der Waals surface area (Å²) >= 11 is 6.92. The number of hydrogen-bond donors (Lipinski definition) is 1. The first kappa shape index (κ1) is 22.4. The third kappa shape index (κ3) is 8.77. The van der Waals surface area contributed by atoms with Crippen molar-refractivity contribution in [2.75, 3.05) is 6.61 Å². The number of nitrogens with one attached hydrogen (secondary N) is 1. The molecule has 27 heavy (non-hydrogen) atoms. The van der Waals surface area contributed by atoms with Crippen LogP contribution in [0.25, 0.3) is 0 Å². The lowest BCUT2D eigenvalue weighted by Crippen LogP contribution is -2.26. The van der Waals surface area contributed by atoms with Crippen molar-refractivity contribution in [2.24, 2.45) is 5.10 Å². The van der Waals surface area contributed by atoms with Crippen LogP contribution in [0.2, 0.25) is 0 Å². The Balaban J connectivity index is 1.83. The largest absolute Gasteiger partial charge is 0.482 e. The van der Waals surface area contributed by atoms with Crippen LogP contribution in [0.5, 0.6) is 5.75 Å². The van der Waals surface area contributed by atoms with Gasteiger partial charge in [-0.1, -0.05) is 60.9 Å². The first-order valence-corrected chi connectivity index (χ1v) is 11.6. The molecule has 0 heterocycles. The van der Waals surface area contributed by atoms with E-state index in [1.54, 1.807) is 0 Å². The molecular formula is C21H30Br2N2O2. The smallest absolute Gasteiger partial charge is 0.277 e. The van der Waals surface area contributed by atoms with Gasteiger partial charge in [-0.25, -0.2) is 5.43 Å². The summed E-state index contributed by atoms with van der Waals surface area (Å²) in [6, 6.07) is 3.87. The van der Waals surface area contributed by atoms with Crippen LogP contribution in [0.4, 0.5) is 0 Å². The molecule has 0 atom stereocenters. The maximum absolute atomic E-state index is 12.2. The highest BCUT2D eigenvalue weighted by Gasteiger charge is 2.10. The zero-order valence-electron chi connectivity index (χ0n) is 16.2. The Bertz CT molecular complexity index is 610. The summed E-state index contributed by atoms with van der Waals surface area (Å²) in [7, 11) is 0. The molecule has 0 saturated heterocycles. The molecule has 0 spiro atoms. The summed E-state index contributed by atoms with van der Waals surface area (Å²) in [5, 5.41) is 4.40. The van der Waals surface area contributed by atoms with E-state index in [4.69, 9.17) is 4.74 Å². The fraction of sp³-hybridized carbons (Fsp3) is 0.619. The molecule has 0 aliphatic heterocycles. The van der Waals surface area contributed by atoms with E-state index in [1.807, 2.05) is 19.1 Å². The Morgan fingerprint density at radius 2 is 1.56 bits per heavy atom. The summed E-state index contributed by atoms with van der Waals surface area (Å²) in [6.07, 6.45) is 13.5. The number of amides is 1. The Hall–Kier alpha value is -0.880. The van der Waals surface area contributed by atoms with E-state index >= 15 is 0 Å². The number of carbonyl (C=O) groups excluding carboxylic acids is 1. The molecule has 4 nitrogen and oxygen atoms in total. The second-order valence-corrected chi connectivity index (χ2v) is 8.99. The molecule has 1 fully saturated rings. The zero-order valence-corrected chi connectivity index (χ0v) is 19.3. The van der Waals surface area contributed by atoms with Crippen molar-refractivity contribution >= 4 is 43.5 Å². The monoisotopic (exact) mass is 500 g/mol. The highest BCUT2D eigenvalue weighted by Crippen LogP contribution is 2.32. The summed E-state index contributed by atoms with van der Waals surface area (Å²) in [5.41, 5.74) is 4.77. The molecule has 2 rings (SSSR count). The van der Waals surface area contributed by atoms with Gasteiger partial charge in [-0.05, 0) is 66.2 Å². The Morgan fingerprint density at radius 1 is 1.00 bits per heavy atom. The quantitative estimate of drug-likeness (QED) is 0.468. The van der Waals surface area contributed by atoms with Gasteiger partial charge in [-0.3, -0.25) is 4.79 Å². The number of hydrogen-bond acceptors (Lipinski definition) is 3. The van der Waals surface area contributed by atoms with Crippen molar-refractivity contribution in [3.63, 3.8) is 0 Å². The predicted octanol–water partition coefficient (Wildman–Crippen LogP) is 6.68. The summed E-state index contributed by atoms with van der Waals surface area (Å²) in [5.74, 6) is 0.467. The Morgan fingerprint density at radius 3 is 2.11 bits per heavy atom. The van der Waals surface area contributed by atoms with E-state index in [-0.39, 0.29) is 12.5 Å². The van der Waals surface area contributed by atoms with Crippen LogP contribution < -0.4 is 10.2 Å². The molecule has 1 aliphatic rings. The molecule has 150 valence electrons. The Kier molecular flexibility index (Phi) is 10.4. The Labute approximate surface area is 179 Å². The number of aryl methyl sites for hydroxylation is 1. The van der Waals surface area contributed by atoms with Crippen LogP contribution >= 0.6 is 31.9 Å². The first-order chi connectivity index (χ1) is 13.1. The number of carbonyl (C=O) groups is 1. The number of rotatable bonds is 4. The average molecular weight is 502 g/mol. The van der Waals surface area contributed by atoms with Gasteiger partial charge >= 0.3 is 0 Å². The molecule has 1 aromatic rings. The SMILES string of the molecule is Cc1cc(Br)cc(Br)c1OCC(=O)NN=C1CCCCCCCCCCC1. The molecule has 0 unspecified atom stereocenters. The second-order valence-electron chi connectivity index (χ2n) is 7.22. The fourth-order valence-electron chi connectivity index (χ4n) is 3.32. The summed E-state index contributed by atoms with van der Waals surface area (Å²) in [6.45, 7) is 1.91. The molecule has 1 aromatic carbocycles. The van der Waals surface area contributed by atoms with E-state index in [2.05, 4.69) is 42.4 Å². The number of hydrazone groups is 1. The van der Waals surface area contributed by atoms with Crippen molar-refractivity contribution in [3.8, 4) is 5.75 Å². The summed E-state index contributed by atoms with van der Waals surface area (Å²) in [4.78, 5) is 12.2. The molecule has 1 amide bonds. The second kappa shape index (κ2) is 12.6. The van der Waals surface area contributed by atoms with E-state index in [1.165, 1.54) is 44.9 Å². The molecule has 1 N–H and O–H groups in total. The standard InChI is InChI=1S/C21H30Br2N2O2/c1-16-13-17(22)14-19(23)21(16)27-15-20(26)25-24-18-11-9-7-5-3-2-4-6-8-10-12-18/h13-14H,2-12,15H2,1H3,(H,25,26). The van der Waals surface area contributed by atoms with Crippen LogP contribution in [-0.2, 0) is 4.79 Å². The molecular weight excluding hydrogens is 472 g/mol. The average Bonchev–Trinajstić information content (AvgIpc) is 2.60. The van der Waals surface area contributed by atoms with Gasteiger partial charge in [0.15, 0.2) is 6.61 Å². The molecule has 0 aromatic heterocycles. The van der Waals surface area contributed by atoms with Gasteiger partial charge in [0.1, 0.15) is 5.75 Å². The predicted molar refractivity (Wildman–Crippen MR) is 118 cm³/mol. The van der Waals surface area contributed by atoms with Crippen molar-refractivity contribution in [2.45, 2.75) is 77.6 Å². The van der Waals surface area contributed by atoms with E-state index in [0.717, 1.165) is 45.9 Å². The van der Waals surface area contributed by atoms with Gasteiger partial charge in [0.05, 0.1) is 4.47 Å². The van der Waals surface area contributed by atoms with Crippen LogP contribution in [0.3, 0.4) is 0 Å². The van der Waals surface area contributed by atoms with Crippen LogP contribution in [-0.4, -0.2) is 18.2 Å². The van der Waals surface area contributed by atoms with E-state index < -0.39 is 0 Å². The number of ether oxygens (including phenoxy) is 1. The zero-order chi connectivity index (χ0) is 19.5. The van der Waals surface area contributed by atoms with Gasteiger partial charge < -0.3 is 4.74 Å². The lowest BCUT2D eigenvalue weighted by atomic mass is 10.00. The number of nitrogens with zero attached hydrogens (tertiary/aromatic N) is 1. The molecule has 0 bridgehead atoms. The third-order valence-electron chi connectivity index (χ3n) is 4.81. The van der Waals surface area contributed by atoms with Gasteiger partial charge in [0.2, 0.25) is 0 Å². The highest BCUT2D eigenvalue weighted by molar-refractivity contribution is 9.11. The normalized spacial score (nSPS) is 16.8. The maximum atomic E-state index is 12.2. The van der Waals surface area contributed by atoms with Crippen LogP contribution in [0.15, 0.2) is 26.2 Å². The molecule has 0 radical (unpaired) electrons. The molecule has 1 aliphatic carbocycles. The van der Waals surface area contributed by atoms with Gasteiger partial charge in [0, 0.05) is 10.2 Å². The van der Waals surface area contributed by atoms with Crippen molar-refractivity contribution < 1.29 is 9.53 Å². The minimum atomic E-state index is -0.220. The van der Waals surface area contributed by atoms with Gasteiger partial charge in [-0.2, -0.15) is 5.10 Å². The van der Waals surface area contributed by atoms with Crippen LogP contribution in [0.1, 0.15) is 76.2 Å². The minimum absolute atomic E-state index is 0.0438. The van der Waals surface area contributed by atoms with Crippen LogP contribution in [0, 0.1) is 6.92 Å². The molecule has 1 saturated carbocycles. The highest BCUT2D eigenvalue weighted by atomic mass is 79.9. The third-order valence-corrected chi connectivity index (χ3v) is 5.86. The maximum Gasteiger partial charge on any atom is 0.277 e. The fourth-order valence-corrected chi connectivity index (χ4v) is 4.87. The topological polar surface area (TPSA) is 50.7 Å². The van der Waals surface area contributed by atoms with Crippen molar-refractivity contribution in [3.05, 3.63) is 26.6 Å². The minimum Gasteiger partial charge on any atom is -0.482 e. The van der Waals surface area contributed by atoms with Gasteiger partial charge in [0.25, 0.3) is 5.91 Å². The van der Waals surface area contributed by atoms with E-state index in [0.29, 0.717) is 5.75 Å². The van der Waals surface area contributed by atoms with E-state index in [9.17, 15) is 4.79 Å². The first-order valence-electron chi connectivity index (χ1n) is 9.99. The van der Waals surface area contributed by atoms with Crippen molar-refractivity contribution in [1.29, 1.82) is 0 Å². The van der Waals surface area contributed by atoms with Gasteiger partial charge in [-0.15, -0.1) is 0 Å². The lowest BCUT2D eigenvalue weighted by Gasteiger charge is -2.12. The lowest BCUT2D eigenvalue weighted by molar-refractivity contribution is -0.123. The van der Waals surface area contributed by atoms with Crippen molar-refractivity contribution in [1.82, 2.24) is 5.43 Å². The molecule has 6 heteroatoms.